The monoisotopic (exact) mass is 413 g/mol. The summed E-state index contributed by atoms with van der Waals surface area (Å²) in [6.45, 7) is 4.72. The van der Waals surface area contributed by atoms with E-state index in [2.05, 4.69) is 91.8 Å². The molecule has 0 bridgehead atoms. The van der Waals surface area contributed by atoms with Crippen LogP contribution < -0.4 is 29.0 Å². The molecule has 2 heteroatoms. The maximum absolute atomic E-state index is 3.42. The van der Waals surface area contributed by atoms with Crippen molar-refractivity contribution < 1.29 is 29.0 Å². The van der Waals surface area contributed by atoms with Crippen LogP contribution in [0.4, 0.5) is 0 Å². The summed E-state index contributed by atoms with van der Waals surface area (Å²) in [5, 5.41) is 1.33. The first-order valence-corrected chi connectivity index (χ1v) is 7.85. The Labute approximate surface area is 154 Å². The first kappa shape index (κ1) is 16.2. The molecule has 0 saturated carbocycles. The highest BCUT2D eigenvalue weighted by Gasteiger charge is 2.37. The molecule has 1 atom stereocenters. The molecule has 0 aliphatic heterocycles. The standard InChI is InChI=1S/C21H19N.HI/c1-21(2)18(15-8-4-3-5-9-15)13-12-16-14-22-19-11-7-6-10-17(19)20(16)21;/h3-14,18H,1-2H3;1H. The van der Waals surface area contributed by atoms with Crippen LogP contribution in [0.1, 0.15) is 36.5 Å². The molecule has 1 aromatic heterocycles. The summed E-state index contributed by atoms with van der Waals surface area (Å²) in [7, 11) is 0. The van der Waals surface area contributed by atoms with E-state index in [-0.39, 0.29) is 29.4 Å². The number of aromatic amines is 1. The summed E-state index contributed by atoms with van der Waals surface area (Å²) >= 11 is 0. The third kappa shape index (κ3) is 2.59. The van der Waals surface area contributed by atoms with Crippen LogP contribution in [0.5, 0.6) is 0 Å². The summed E-state index contributed by atoms with van der Waals surface area (Å²) in [6.07, 6.45) is 6.75. The normalized spacial score (nSPS) is 18.3. The molecule has 0 fully saturated rings. The summed E-state index contributed by atoms with van der Waals surface area (Å²) in [6, 6.07) is 19.4. The molecule has 1 aliphatic carbocycles. The van der Waals surface area contributed by atoms with Gasteiger partial charge in [-0.05, 0) is 17.2 Å². The summed E-state index contributed by atoms with van der Waals surface area (Å²) in [4.78, 5) is 3.42. The number of pyridine rings is 1. The van der Waals surface area contributed by atoms with Crippen molar-refractivity contribution in [1.29, 1.82) is 0 Å². The highest BCUT2D eigenvalue weighted by molar-refractivity contribution is 5.85. The van der Waals surface area contributed by atoms with Gasteiger partial charge in [0, 0.05) is 23.0 Å². The third-order valence-electron chi connectivity index (χ3n) is 4.92. The van der Waals surface area contributed by atoms with Gasteiger partial charge in [-0.2, -0.15) is 0 Å². The average Bonchev–Trinajstić information content (AvgIpc) is 2.55. The second kappa shape index (κ2) is 6.08. The summed E-state index contributed by atoms with van der Waals surface area (Å²) in [5.41, 5.74) is 5.39. The number of fused-ring (bicyclic) bond motifs is 3. The van der Waals surface area contributed by atoms with Crippen LogP contribution in [-0.2, 0) is 5.41 Å². The number of para-hydroxylation sites is 1. The molecule has 1 N–H and O–H groups in total. The molecule has 1 heterocycles. The molecular formula is C21H20IN. The predicted octanol–water partition coefficient (Wildman–Crippen LogP) is 1.75. The zero-order valence-electron chi connectivity index (χ0n) is 13.4. The van der Waals surface area contributed by atoms with Crippen LogP contribution in [-0.4, -0.2) is 0 Å². The number of nitrogens with one attached hydrogen (secondary N) is 1. The molecule has 1 unspecified atom stereocenters. The van der Waals surface area contributed by atoms with Gasteiger partial charge >= 0.3 is 0 Å². The molecule has 0 amide bonds. The summed E-state index contributed by atoms with van der Waals surface area (Å²) < 4.78 is 0. The van der Waals surface area contributed by atoms with Gasteiger partial charge in [-0.1, -0.05) is 68.5 Å². The maximum Gasteiger partial charge on any atom is 0.211 e. The van der Waals surface area contributed by atoms with E-state index in [1.165, 1.54) is 27.6 Å². The molecule has 1 aliphatic rings. The van der Waals surface area contributed by atoms with Gasteiger partial charge in [0.1, 0.15) is 0 Å². The van der Waals surface area contributed by atoms with Crippen molar-refractivity contribution in [1.82, 2.24) is 0 Å². The predicted molar refractivity (Wildman–Crippen MR) is 91.7 cm³/mol. The minimum Gasteiger partial charge on any atom is -1.00 e. The number of H-pyrrole nitrogens is 1. The van der Waals surface area contributed by atoms with Crippen molar-refractivity contribution in [2.24, 2.45) is 0 Å². The quantitative estimate of drug-likeness (QED) is 0.540. The minimum atomic E-state index is 0. The van der Waals surface area contributed by atoms with E-state index < -0.39 is 0 Å². The van der Waals surface area contributed by atoms with Gasteiger partial charge in [0.15, 0.2) is 6.20 Å². The lowest BCUT2D eigenvalue weighted by Crippen LogP contribution is -3.00. The number of hydrogen-bond acceptors (Lipinski definition) is 0. The molecule has 23 heavy (non-hydrogen) atoms. The van der Waals surface area contributed by atoms with Crippen molar-refractivity contribution in [3.8, 4) is 0 Å². The Morgan fingerprint density at radius 1 is 0.913 bits per heavy atom. The van der Waals surface area contributed by atoms with E-state index in [0.717, 1.165) is 0 Å². The van der Waals surface area contributed by atoms with Gasteiger partial charge in [-0.15, -0.1) is 0 Å². The molecular weight excluding hydrogens is 393 g/mol. The highest BCUT2D eigenvalue weighted by atomic mass is 127. The SMILES string of the molecule is CC1(C)c2c(c[nH+]c3ccccc23)C=CC1c1ccccc1.[I-]. The van der Waals surface area contributed by atoms with Gasteiger partial charge in [0.25, 0.3) is 0 Å². The fourth-order valence-electron chi connectivity index (χ4n) is 3.84. The lowest BCUT2D eigenvalue weighted by atomic mass is 9.65. The molecule has 0 saturated heterocycles. The van der Waals surface area contributed by atoms with Crippen molar-refractivity contribution in [3.63, 3.8) is 0 Å². The smallest absolute Gasteiger partial charge is 0.211 e. The number of aromatic nitrogens is 1. The third-order valence-corrected chi connectivity index (χ3v) is 4.92. The van der Waals surface area contributed by atoms with Gasteiger partial charge in [-0.3, -0.25) is 0 Å². The van der Waals surface area contributed by atoms with Crippen molar-refractivity contribution in [2.45, 2.75) is 25.2 Å². The number of rotatable bonds is 1. The van der Waals surface area contributed by atoms with E-state index in [0.29, 0.717) is 5.92 Å². The molecule has 4 rings (SSSR count). The van der Waals surface area contributed by atoms with Crippen molar-refractivity contribution in [3.05, 3.63) is 83.6 Å². The first-order chi connectivity index (χ1) is 10.7. The van der Waals surface area contributed by atoms with E-state index in [4.69, 9.17) is 0 Å². The summed E-state index contributed by atoms with van der Waals surface area (Å²) in [5.74, 6) is 0.395. The number of allylic oxidation sites excluding steroid dienone is 1. The Bertz CT molecular complexity index is 865. The zero-order chi connectivity index (χ0) is 15.2. The fraction of sp³-hybridized carbons (Fsp3) is 0.190. The number of benzene rings is 2. The van der Waals surface area contributed by atoms with Crippen LogP contribution in [0.3, 0.4) is 0 Å². The van der Waals surface area contributed by atoms with Gasteiger partial charge < -0.3 is 24.0 Å². The Balaban J connectivity index is 0.00000156. The Kier molecular flexibility index (Phi) is 4.28. The highest BCUT2D eigenvalue weighted by Crippen LogP contribution is 2.46. The van der Waals surface area contributed by atoms with Crippen LogP contribution in [0.25, 0.3) is 17.0 Å². The molecule has 3 aromatic rings. The topological polar surface area (TPSA) is 14.1 Å². The Morgan fingerprint density at radius 2 is 1.61 bits per heavy atom. The van der Waals surface area contributed by atoms with Crippen molar-refractivity contribution in [2.75, 3.05) is 0 Å². The minimum absolute atomic E-state index is 0. The molecule has 0 radical (unpaired) electrons. The first-order valence-electron chi connectivity index (χ1n) is 7.85. The molecule has 1 nitrogen and oxygen atoms in total. The van der Waals surface area contributed by atoms with Gasteiger partial charge in [0.2, 0.25) is 5.52 Å². The van der Waals surface area contributed by atoms with Gasteiger partial charge in [0.05, 0.1) is 5.39 Å². The van der Waals surface area contributed by atoms with E-state index in [9.17, 15) is 0 Å². The number of hydrogen-bond donors (Lipinski definition) is 0. The molecule has 2 aromatic carbocycles. The van der Waals surface area contributed by atoms with E-state index in [1.54, 1.807) is 0 Å². The molecule has 0 spiro atoms. The van der Waals surface area contributed by atoms with Crippen LogP contribution >= 0.6 is 0 Å². The average molecular weight is 413 g/mol. The van der Waals surface area contributed by atoms with E-state index in [1.807, 2.05) is 0 Å². The second-order valence-electron chi connectivity index (χ2n) is 6.63. The van der Waals surface area contributed by atoms with E-state index >= 15 is 0 Å². The zero-order valence-corrected chi connectivity index (χ0v) is 15.5. The lowest BCUT2D eigenvalue weighted by Gasteiger charge is -2.37. The van der Waals surface area contributed by atoms with Crippen LogP contribution in [0.2, 0.25) is 0 Å². The molecule has 116 valence electrons. The fourth-order valence-corrected chi connectivity index (χ4v) is 3.84. The Hall–Kier alpha value is -1.68. The van der Waals surface area contributed by atoms with Crippen LogP contribution in [0.15, 0.2) is 66.9 Å². The Morgan fingerprint density at radius 3 is 2.39 bits per heavy atom. The second-order valence-corrected chi connectivity index (χ2v) is 6.63. The van der Waals surface area contributed by atoms with Crippen molar-refractivity contribution >= 4 is 17.0 Å². The lowest BCUT2D eigenvalue weighted by molar-refractivity contribution is -0.345. The largest absolute Gasteiger partial charge is 1.00 e. The number of halogens is 1. The maximum atomic E-state index is 3.42. The van der Waals surface area contributed by atoms with Gasteiger partial charge in [-0.25, -0.2) is 4.98 Å². The van der Waals surface area contributed by atoms with Crippen LogP contribution in [0, 0.1) is 0 Å².